The largest absolute Gasteiger partial charge is 0.480 e. The van der Waals surface area contributed by atoms with Gasteiger partial charge in [-0.05, 0) is 12.8 Å². The fourth-order valence-electron chi connectivity index (χ4n) is 2.52. The zero-order chi connectivity index (χ0) is 30.8. The third-order valence-electron chi connectivity index (χ3n) is 4.68. The van der Waals surface area contributed by atoms with Crippen LogP contribution in [-0.4, -0.2) is 117 Å². The van der Waals surface area contributed by atoms with Gasteiger partial charge in [0.2, 0.25) is 23.6 Å². The number of rotatable bonds is 21. The predicted molar refractivity (Wildman–Crippen MR) is 140 cm³/mol. The number of carbonyl (C=O) groups is 8. The van der Waals surface area contributed by atoms with Crippen molar-refractivity contribution in [1.29, 1.82) is 0 Å². The molecule has 0 saturated carbocycles. The van der Waals surface area contributed by atoms with E-state index in [2.05, 4.69) is 21.3 Å². The highest BCUT2D eigenvalue weighted by Gasteiger charge is 2.25. The van der Waals surface area contributed by atoms with Crippen LogP contribution in [-0.2, 0) is 38.4 Å². The zero-order valence-electron chi connectivity index (χ0n) is 21.0. The van der Waals surface area contributed by atoms with Crippen LogP contribution in [0.15, 0.2) is 0 Å². The Morgan fingerprint density at radius 2 is 0.925 bits per heavy atom. The normalized spacial score (nSPS) is 13.6. The standard InChI is InChI=1S/C20H32N6O12S2/c21-9(19(35)36)1-3-13(27)25-11(17(33)23-5-15(29)30)7-39-40-8-12(18(34)24-6-16(31)32)26-14(28)4-2-10(22)20(37)38/h9-12H,1-8,21-22H2,(H,23,33)(H,24,34)(H,25,27)(H,26,28)(H,29,30)(H,31,32)(H,35,36)(H,37,38)/t9-,10?,11-,12-/m0/s1. The Balaban J connectivity index is 5.18. The van der Waals surface area contributed by atoms with E-state index in [1.165, 1.54) is 0 Å². The number of carboxylic acids is 4. The van der Waals surface area contributed by atoms with Crippen LogP contribution in [0.2, 0.25) is 0 Å². The summed E-state index contributed by atoms with van der Waals surface area (Å²) in [6, 6.07) is -5.16. The molecule has 0 aromatic rings. The van der Waals surface area contributed by atoms with E-state index < -0.39 is 84.8 Å². The molecule has 226 valence electrons. The summed E-state index contributed by atoms with van der Waals surface area (Å²) in [5, 5.41) is 44.1. The molecular weight excluding hydrogens is 580 g/mol. The molecule has 0 aromatic carbocycles. The molecule has 0 saturated heterocycles. The Morgan fingerprint density at radius 3 is 1.20 bits per heavy atom. The minimum absolute atomic E-state index is 0.155. The van der Waals surface area contributed by atoms with E-state index >= 15 is 0 Å². The summed E-state index contributed by atoms with van der Waals surface area (Å²) in [7, 11) is 1.89. The van der Waals surface area contributed by atoms with Gasteiger partial charge in [0.15, 0.2) is 0 Å². The first-order valence-corrected chi connectivity index (χ1v) is 13.9. The van der Waals surface area contributed by atoms with Gasteiger partial charge >= 0.3 is 23.9 Å². The monoisotopic (exact) mass is 612 g/mol. The van der Waals surface area contributed by atoms with Gasteiger partial charge in [0.05, 0.1) is 0 Å². The van der Waals surface area contributed by atoms with E-state index in [4.69, 9.17) is 31.9 Å². The second kappa shape index (κ2) is 19.4. The van der Waals surface area contributed by atoms with Crippen molar-refractivity contribution in [3.63, 3.8) is 0 Å². The Morgan fingerprint density at radius 1 is 0.600 bits per heavy atom. The van der Waals surface area contributed by atoms with Crippen LogP contribution < -0.4 is 32.7 Å². The van der Waals surface area contributed by atoms with Crippen LogP contribution in [0.4, 0.5) is 0 Å². The molecule has 0 aliphatic carbocycles. The van der Waals surface area contributed by atoms with Gasteiger partial charge in [-0.1, -0.05) is 21.6 Å². The minimum atomic E-state index is -1.34. The third kappa shape index (κ3) is 17.1. The van der Waals surface area contributed by atoms with E-state index in [1.54, 1.807) is 0 Å². The van der Waals surface area contributed by atoms with Crippen LogP contribution in [0.25, 0.3) is 0 Å². The molecule has 1 unspecified atom stereocenters. The minimum Gasteiger partial charge on any atom is -0.480 e. The molecule has 12 N–H and O–H groups in total. The number of hydrogen-bond acceptors (Lipinski definition) is 12. The van der Waals surface area contributed by atoms with E-state index in [1.807, 2.05) is 0 Å². The summed E-state index contributed by atoms with van der Waals surface area (Å²) in [4.78, 5) is 92.3. The van der Waals surface area contributed by atoms with Crippen LogP contribution in [0.5, 0.6) is 0 Å². The lowest BCUT2D eigenvalue weighted by molar-refractivity contribution is -0.140. The first-order chi connectivity index (χ1) is 18.6. The van der Waals surface area contributed by atoms with Crippen molar-refractivity contribution in [3.05, 3.63) is 0 Å². The quantitative estimate of drug-likeness (QED) is 0.0437. The highest BCUT2D eigenvalue weighted by molar-refractivity contribution is 8.76. The number of carboxylic acid groups (broad SMARTS) is 4. The lowest BCUT2D eigenvalue weighted by Crippen LogP contribution is -2.50. The van der Waals surface area contributed by atoms with Gasteiger partial charge in [0.25, 0.3) is 0 Å². The lowest BCUT2D eigenvalue weighted by Gasteiger charge is -2.20. The van der Waals surface area contributed by atoms with Crippen molar-refractivity contribution in [2.45, 2.75) is 49.9 Å². The Hall–Kier alpha value is -3.62. The van der Waals surface area contributed by atoms with Crippen LogP contribution in [0, 0.1) is 0 Å². The first kappa shape index (κ1) is 36.4. The van der Waals surface area contributed by atoms with Crippen molar-refractivity contribution in [3.8, 4) is 0 Å². The van der Waals surface area contributed by atoms with Crippen molar-refractivity contribution in [1.82, 2.24) is 21.3 Å². The number of nitrogens with two attached hydrogens (primary N) is 2. The molecule has 0 spiro atoms. The second-order valence-corrected chi connectivity index (χ2v) is 10.6. The molecule has 4 atom stereocenters. The van der Waals surface area contributed by atoms with Crippen molar-refractivity contribution in [2.75, 3.05) is 24.6 Å². The molecule has 0 radical (unpaired) electrons. The van der Waals surface area contributed by atoms with Crippen LogP contribution in [0.1, 0.15) is 25.7 Å². The van der Waals surface area contributed by atoms with Crippen molar-refractivity contribution in [2.24, 2.45) is 11.5 Å². The summed E-state index contributed by atoms with van der Waals surface area (Å²) in [6.07, 6.45) is -1.12. The van der Waals surface area contributed by atoms with Gasteiger partial charge in [-0.3, -0.25) is 38.4 Å². The van der Waals surface area contributed by atoms with E-state index in [0.717, 1.165) is 21.6 Å². The summed E-state index contributed by atoms with van der Waals surface area (Å²) < 4.78 is 0. The van der Waals surface area contributed by atoms with Gasteiger partial charge in [0.1, 0.15) is 37.3 Å². The van der Waals surface area contributed by atoms with Crippen LogP contribution in [0.3, 0.4) is 0 Å². The van der Waals surface area contributed by atoms with Gasteiger partial charge in [-0.2, -0.15) is 0 Å². The van der Waals surface area contributed by atoms with E-state index in [-0.39, 0.29) is 37.2 Å². The Labute approximate surface area is 235 Å². The highest BCUT2D eigenvalue weighted by Crippen LogP contribution is 2.23. The second-order valence-electron chi connectivity index (χ2n) is 8.00. The molecule has 0 heterocycles. The molecule has 18 nitrogen and oxygen atoms in total. The number of aliphatic carboxylic acids is 4. The van der Waals surface area contributed by atoms with Gasteiger partial charge in [-0.15, -0.1) is 0 Å². The maximum absolute atomic E-state index is 12.4. The molecule has 0 aliphatic heterocycles. The smallest absolute Gasteiger partial charge is 0.322 e. The Kier molecular flexibility index (Phi) is 17.7. The maximum Gasteiger partial charge on any atom is 0.322 e. The summed E-state index contributed by atoms with van der Waals surface area (Å²) in [5.74, 6) is -8.81. The summed E-state index contributed by atoms with van der Waals surface area (Å²) in [6.45, 7) is -1.48. The van der Waals surface area contributed by atoms with Crippen molar-refractivity contribution >= 4 is 69.1 Å². The number of hydrogen-bond donors (Lipinski definition) is 10. The van der Waals surface area contributed by atoms with E-state index in [0.29, 0.717) is 0 Å². The molecule has 0 aliphatic rings. The third-order valence-corrected chi connectivity index (χ3v) is 7.11. The van der Waals surface area contributed by atoms with Gasteiger partial charge < -0.3 is 53.2 Å². The number of amides is 4. The molecule has 0 fully saturated rings. The topological polar surface area (TPSA) is 318 Å². The van der Waals surface area contributed by atoms with E-state index in [9.17, 15) is 38.4 Å². The van der Waals surface area contributed by atoms with Gasteiger partial charge in [-0.25, -0.2) is 0 Å². The molecular formula is C20H32N6O12S2. The summed E-state index contributed by atoms with van der Waals surface area (Å²) in [5.41, 5.74) is 10.7. The predicted octanol–water partition coefficient (Wildman–Crippen LogP) is -3.88. The molecule has 40 heavy (non-hydrogen) atoms. The van der Waals surface area contributed by atoms with Crippen molar-refractivity contribution < 1.29 is 58.8 Å². The zero-order valence-corrected chi connectivity index (χ0v) is 22.6. The van der Waals surface area contributed by atoms with Crippen LogP contribution >= 0.6 is 21.6 Å². The average molecular weight is 613 g/mol. The Bertz CT molecular complexity index is 879. The fourth-order valence-corrected chi connectivity index (χ4v) is 4.85. The highest BCUT2D eigenvalue weighted by atomic mass is 33.1. The molecule has 20 heteroatoms. The number of nitrogens with one attached hydrogen (secondary N) is 4. The maximum atomic E-state index is 12.4. The lowest BCUT2D eigenvalue weighted by atomic mass is 10.1. The average Bonchev–Trinajstić information content (AvgIpc) is 2.87. The summed E-state index contributed by atoms with van der Waals surface area (Å²) >= 11 is 0. The molecule has 0 rings (SSSR count). The molecule has 0 aromatic heterocycles. The first-order valence-electron chi connectivity index (χ1n) is 11.4. The SMILES string of the molecule is NC(CCC(=O)N[C@@H](CSSC[C@H](NC(=O)CC[C@H](N)C(=O)O)C(=O)NCC(=O)O)C(=O)NCC(=O)O)C(=O)O. The fraction of sp³-hybridized carbons (Fsp3) is 0.600. The molecule has 0 bridgehead atoms. The molecule has 4 amide bonds. The van der Waals surface area contributed by atoms with Gasteiger partial charge in [0, 0.05) is 24.3 Å². The number of carbonyl (C=O) groups excluding carboxylic acids is 4.